The van der Waals surface area contributed by atoms with Crippen LogP contribution in [0.5, 0.6) is 0 Å². The number of hydrogen-bond donors (Lipinski definition) is 4. The average Bonchev–Trinajstić information content (AvgIpc) is 2.75. The molecule has 2 aromatic rings. The van der Waals surface area contributed by atoms with E-state index in [1.807, 2.05) is 0 Å². The van der Waals surface area contributed by atoms with Crippen LogP contribution in [0.4, 0.5) is 0 Å². The van der Waals surface area contributed by atoms with Gasteiger partial charge in [-0.3, -0.25) is 0 Å². The van der Waals surface area contributed by atoms with Crippen molar-refractivity contribution >= 4 is 50.0 Å². The van der Waals surface area contributed by atoms with Gasteiger partial charge in [0.1, 0.15) is 0 Å². The Bertz CT molecular complexity index is 806. The van der Waals surface area contributed by atoms with Crippen LogP contribution in [-0.4, -0.2) is 72.3 Å². The van der Waals surface area contributed by atoms with Crippen molar-refractivity contribution in [2.75, 3.05) is 0 Å². The number of carbonyl (C=O) groups is 4. The average molecular weight is 542 g/mol. The van der Waals surface area contributed by atoms with Gasteiger partial charge in [-0.2, -0.15) is 0 Å². The molecule has 30 heavy (non-hydrogen) atoms. The van der Waals surface area contributed by atoms with Crippen molar-refractivity contribution in [3.8, 4) is 0 Å². The summed E-state index contributed by atoms with van der Waals surface area (Å²) in [5, 5.41) is 24.2. The Kier molecular flexibility index (Phi) is 9.57. The molecule has 2 atom stereocenters. The molecular formula is C20H20N2O6Se2. The molecule has 0 aliphatic heterocycles. The van der Waals surface area contributed by atoms with Gasteiger partial charge < -0.3 is 0 Å². The predicted octanol–water partition coefficient (Wildman–Crippen LogP) is 0.913. The quantitative estimate of drug-likeness (QED) is 0.247. The van der Waals surface area contributed by atoms with Crippen molar-refractivity contribution in [2.45, 2.75) is 22.7 Å². The van der Waals surface area contributed by atoms with E-state index in [9.17, 15) is 29.4 Å². The molecule has 10 heteroatoms. The number of aliphatic carboxylic acids is 2. The zero-order chi connectivity index (χ0) is 21.9. The van der Waals surface area contributed by atoms with Gasteiger partial charge in [0.25, 0.3) is 0 Å². The first kappa shape index (κ1) is 23.6. The molecule has 0 fully saturated rings. The zero-order valence-corrected chi connectivity index (χ0v) is 19.1. The van der Waals surface area contributed by atoms with Gasteiger partial charge in [0.2, 0.25) is 0 Å². The molecule has 0 saturated heterocycles. The standard InChI is InChI=1S/C20H20N2O6Se2/c23-17(13-7-3-1-4-8-13)21-15(19(25)26)11-29-30-12-16(20(27)28)22-18(24)14-9-5-2-6-10-14/h1-10,15-16H,11-12H2,(H,21,23)(H,22,24)(H,25,26)(H,27,28). The van der Waals surface area contributed by atoms with E-state index < -0.39 is 35.8 Å². The molecule has 158 valence electrons. The molecule has 0 radical (unpaired) electrons. The van der Waals surface area contributed by atoms with Gasteiger partial charge in [0.15, 0.2) is 0 Å². The maximum atomic E-state index is 12.2. The summed E-state index contributed by atoms with van der Waals surface area (Å²) < 4.78 is 0. The van der Waals surface area contributed by atoms with Crippen LogP contribution < -0.4 is 10.6 Å². The van der Waals surface area contributed by atoms with Crippen molar-refractivity contribution in [2.24, 2.45) is 0 Å². The molecule has 0 aliphatic rings. The van der Waals surface area contributed by atoms with Crippen LogP contribution in [0.1, 0.15) is 20.7 Å². The third kappa shape index (κ3) is 7.65. The van der Waals surface area contributed by atoms with Gasteiger partial charge in [0.05, 0.1) is 0 Å². The second-order valence-corrected chi connectivity index (χ2v) is 13.6. The first-order valence-corrected chi connectivity index (χ1v) is 15.6. The predicted molar refractivity (Wildman–Crippen MR) is 112 cm³/mol. The minimum absolute atomic E-state index is 0.175. The van der Waals surface area contributed by atoms with E-state index in [1.54, 1.807) is 60.7 Å². The van der Waals surface area contributed by atoms with Crippen LogP contribution >= 0.6 is 0 Å². The third-order valence-electron chi connectivity index (χ3n) is 3.83. The second kappa shape index (κ2) is 12.1. The Balaban J connectivity index is 1.83. The Morgan fingerprint density at radius 2 is 1.00 bits per heavy atom. The van der Waals surface area contributed by atoms with Gasteiger partial charge in [0, 0.05) is 0 Å². The van der Waals surface area contributed by atoms with Crippen LogP contribution in [-0.2, 0) is 9.59 Å². The van der Waals surface area contributed by atoms with Gasteiger partial charge in [-0.05, 0) is 0 Å². The fourth-order valence-corrected chi connectivity index (χ4v) is 9.23. The third-order valence-corrected chi connectivity index (χ3v) is 10.9. The summed E-state index contributed by atoms with van der Waals surface area (Å²) in [6.07, 6.45) is 0. The topological polar surface area (TPSA) is 133 Å². The number of rotatable bonds is 11. The molecule has 2 rings (SSSR count). The molecular weight excluding hydrogens is 522 g/mol. The second-order valence-electron chi connectivity index (χ2n) is 6.03. The maximum absolute atomic E-state index is 12.2. The van der Waals surface area contributed by atoms with E-state index in [4.69, 9.17) is 0 Å². The number of carboxylic acids is 2. The molecule has 0 heterocycles. The van der Waals surface area contributed by atoms with Crippen LogP contribution in [0.25, 0.3) is 0 Å². The van der Waals surface area contributed by atoms with E-state index in [2.05, 4.69) is 10.6 Å². The molecule has 0 bridgehead atoms. The first-order valence-electron chi connectivity index (χ1n) is 8.80. The van der Waals surface area contributed by atoms with Gasteiger partial charge in [-0.1, -0.05) is 0 Å². The van der Waals surface area contributed by atoms with Crippen molar-refractivity contribution in [3.05, 3.63) is 71.8 Å². The normalized spacial score (nSPS) is 12.4. The van der Waals surface area contributed by atoms with E-state index in [0.717, 1.165) is 0 Å². The van der Waals surface area contributed by atoms with Crippen LogP contribution in [0.3, 0.4) is 0 Å². The Hall–Kier alpha value is -2.64. The molecule has 0 spiro atoms. The van der Waals surface area contributed by atoms with E-state index in [-0.39, 0.29) is 36.9 Å². The van der Waals surface area contributed by atoms with Gasteiger partial charge in [-0.25, -0.2) is 0 Å². The van der Waals surface area contributed by atoms with E-state index in [1.165, 1.54) is 0 Å². The number of carbonyl (C=O) groups excluding carboxylic acids is 2. The molecule has 2 amide bonds. The summed E-state index contributed by atoms with van der Waals surface area (Å²) in [6, 6.07) is 14.6. The molecule has 2 aromatic carbocycles. The summed E-state index contributed by atoms with van der Waals surface area (Å²) in [5.74, 6) is -3.21. The summed E-state index contributed by atoms with van der Waals surface area (Å²) >= 11 is -0.351. The van der Waals surface area contributed by atoms with Crippen molar-refractivity contribution in [1.29, 1.82) is 0 Å². The van der Waals surface area contributed by atoms with Gasteiger partial charge >= 0.3 is 185 Å². The molecule has 2 unspecified atom stereocenters. The van der Waals surface area contributed by atoms with Crippen LogP contribution in [0, 0.1) is 0 Å². The first-order chi connectivity index (χ1) is 14.4. The van der Waals surface area contributed by atoms with Crippen molar-refractivity contribution in [3.63, 3.8) is 0 Å². The number of benzene rings is 2. The minimum atomic E-state index is -1.14. The zero-order valence-electron chi connectivity index (χ0n) is 15.7. The van der Waals surface area contributed by atoms with Crippen LogP contribution in [0.2, 0.25) is 10.6 Å². The molecule has 0 aromatic heterocycles. The molecule has 8 nitrogen and oxygen atoms in total. The summed E-state index contributed by atoms with van der Waals surface area (Å²) in [7, 11) is 0. The number of hydrogen-bond acceptors (Lipinski definition) is 4. The van der Waals surface area contributed by atoms with Gasteiger partial charge in [-0.15, -0.1) is 0 Å². The summed E-state index contributed by atoms with van der Waals surface area (Å²) in [5.41, 5.74) is 0.743. The molecule has 0 saturated carbocycles. The monoisotopic (exact) mass is 544 g/mol. The Labute approximate surface area is 184 Å². The molecule has 0 aliphatic carbocycles. The molecule has 4 N–H and O–H groups in total. The van der Waals surface area contributed by atoms with E-state index in [0.29, 0.717) is 11.1 Å². The fourth-order valence-electron chi connectivity index (χ4n) is 2.24. The van der Waals surface area contributed by atoms with Crippen molar-refractivity contribution in [1.82, 2.24) is 10.6 Å². The fraction of sp³-hybridized carbons (Fsp3) is 0.200. The summed E-state index contributed by atoms with van der Waals surface area (Å²) in [6.45, 7) is 0. The Morgan fingerprint density at radius 1 is 0.667 bits per heavy atom. The Morgan fingerprint density at radius 3 is 1.30 bits per heavy atom. The SMILES string of the molecule is O=C(NC(C[Se][Se]CC(NC(=O)c1ccccc1)C(=O)O)C(=O)O)c1ccccc1. The number of nitrogens with one attached hydrogen (secondary N) is 2. The van der Waals surface area contributed by atoms with E-state index >= 15 is 0 Å². The van der Waals surface area contributed by atoms with Crippen LogP contribution in [0.15, 0.2) is 60.7 Å². The summed E-state index contributed by atoms with van der Waals surface area (Å²) in [4.78, 5) is 47.2. The number of amides is 2. The number of carboxylic acid groups (broad SMARTS) is 2. The van der Waals surface area contributed by atoms with Crippen molar-refractivity contribution < 1.29 is 29.4 Å².